The molecule has 20 heavy (non-hydrogen) atoms. The quantitative estimate of drug-likeness (QED) is 0.582. The molecule has 0 fully saturated rings. The summed E-state index contributed by atoms with van der Waals surface area (Å²) in [6.07, 6.45) is 0.384. The number of Topliss-reactive ketones (excluding diaryl/α,β-unsaturated/α-hetero) is 1. The topological polar surface area (TPSA) is 86.7 Å². The van der Waals surface area contributed by atoms with Crippen LogP contribution < -0.4 is 0 Å². The van der Waals surface area contributed by atoms with E-state index in [1.54, 1.807) is 34.6 Å². The number of hydrogen-bond donors (Lipinski definition) is 0. The normalized spacial score (nSPS) is 9.90. The molecule has 0 aromatic heterocycles. The highest BCUT2D eigenvalue weighted by Crippen LogP contribution is 2.07. The van der Waals surface area contributed by atoms with Crippen molar-refractivity contribution in [1.82, 2.24) is 0 Å². The number of esters is 3. The highest BCUT2D eigenvalue weighted by molar-refractivity contribution is 5.94. The average molecular weight is 288 g/mol. The van der Waals surface area contributed by atoms with E-state index in [4.69, 9.17) is 4.74 Å². The molecule has 0 saturated carbocycles. The Bertz CT molecular complexity index is 337. The highest BCUT2D eigenvalue weighted by Gasteiger charge is 2.16. The average Bonchev–Trinajstić information content (AvgIpc) is 2.25. The van der Waals surface area contributed by atoms with Crippen molar-refractivity contribution in [2.45, 2.75) is 66.4 Å². The first-order valence-electron chi connectivity index (χ1n) is 6.46. The monoisotopic (exact) mass is 288 g/mol. The molecule has 6 heteroatoms. The smallest absolute Gasteiger partial charge is 0.313 e. The van der Waals surface area contributed by atoms with Gasteiger partial charge in [-0.15, -0.1) is 0 Å². The van der Waals surface area contributed by atoms with Crippen molar-refractivity contribution in [3.05, 3.63) is 0 Å². The number of carbonyl (C=O) groups excluding carboxylic acids is 4. The third-order valence-corrected chi connectivity index (χ3v) is 1.62. The molecule has 0 aromatic carbocycles. The summed E-state index contributed by atoms with van der Waals surface area (Å²) < 4.78 is 9.16. The summed E-state index contributed by atoms with van der Waals surface area (Å²) in [6.45, 7) is 9.96. The minimum Gasteiger partial charge on any atom is -0.460 e. The van der Waals surface area contributed by atoms with Gasteiger partial charge in [0.15, 0.2) is 0 Å². The van der Waals surface area contributed by atoms with Crippen LogP contribution in [0.15, 0.2) is 0 Å². The number of ether oxygens (including phenoxy) is 2. The number of hydrogen-bond acceptors (Lipinski definition) is 6. The molecule has 0 saturated heterocycles. The van der Waals surface area contributed by atoms with Gasteiger partial charge in [0.2, 0.25) is 0 Å². The van der Waals surface area contributed by atoms with E-state index in [2.05, 4.69) is 4.74 Å². The Labute approximate surface area is 119 Å². The van der Waals surface area contributed by atoms with Gasteiger partial charge in [0.25, 0.3) is 0 Å². The van der Waals surface area contributed by atoms with Crippen molar-refractivity contribution in [2.75, 3.05) is 0 Å². The Kier molecular flexibility index (Phi) is 10.4. The lowest BCUT2D eigenvalue weighted by molar-refractivity contribution is -0.159. The minimum absolute atomic E-state index is 0.128. The van der Waals surface area contributed by atoms with Crippen molar-refractivity contribution < 1.29 is 28.7 Å². The van der Waals surface area contributed by atoms with E-state index < -0.39 is 23.5 Å². The molecule has 0 atom stereocenters. The van der Waals surface area contributed by atoms with Gasteiger partial charge in [-0.25, -0.2) is 0 Å². The molecule has 0 unspecified atom stereocenters. The minimum atomic E-state index is -0.494. The Balaban J connectivity index is 0. The molecule has 0 bridgehead atoms. The second-order valence-electron chi connectivity index (χ2n) is 5.02. The molecule has 0 aliphatic carbocycles. The van der Waals surface area contributed by atoms with Gasteiger partial charge in [-0.1, -0.05) is 13.8 Å². The van der Waals surface area contributed by atoms with E-state index in [-0.39, 0.29) is 25.0 Å². The molecule has 0 spiro atoms. The largest absolute Gasteiger partial charge is 0.460 e. The Hall–Kier alpha value is -1.72. The van der Waals surface area contributed by atoms with E-state index in [0.717, 1.165) is 0 Å². The van der Waals surface area contributed by atoms with Crippen molar-refractivity contribution in [2.24, 2.45) is 0 Å². The van der Waals surface area contributed by atoms with Crippen LogP contribution in [0.5, 0.6) is 0 Å². The standard InChI is InChI=1S/C8H14O3.C6H10O3/c1-6(9)5-7(10)11-8(2,3)4;1-3-5(7)9-6(8)4-2/h5H2,1-4H3;3-4H2,1-2H3. The van der Waals surface area contributed by atoms with Gasteiger partial charge in [-0.05, 0) is 27.7 Å². The van der Waals surface area contributed by atoms with Crippen molar-refractivity contribution in [1.29, 1.82) is 0 Å². The Morgan fingerprint density at radius 3 is 1.50 bits per heavy atom. The summed E-state index contributed by atoms with van der Waals surface area (Å²) in [5.41, 5.74) is -0.494. The van der Waals surface area contributed by atoms with E-state index in [1.165, 1.54) is 6.92 Å². The van der Waals surface area contributed by atoms with Gasteiger partial charge < -0.3 is 9.47 Å². The van der Waals surface area contributed by atoms with Gasteiger partial charge in [0.1, 0.15) is 17.8 Å². The first-order valence-corrected chi connectivity index (χ1v) is 6.46. The fraction of sp³-hybridized carbons (Fsp3) is 0.714. The van der Waals surface area contributed by atoms with Crippen LogP contribution in [0.25, 0.3) is 0 Å². The number of rotatable bonds is 4. The maximum absolute atomic E-state index is 10.8. The van der Waals surface area contributed by atoms with Crippen molar-refractivity contribution in [3.63, 3.8) is 0 Å². The fourth-order valence-electron chi connectivity index (χ4n) is 0.852. The second-order valence-corrected chi connectivity index (χ2v) is 5.02. The third-order valence-electron chi connectivity index (χ3n) is 1.62. The molecule has 6 nitrogen and oxygen atoms in total. The van der Waals surface area contributed by atoms with Crippen molar-refractivity contribution in [3.8, 4) is 0 Å². The molecule has 116 valence electrons. The molecule has 0 amide bonds. The SMILES string of the molecule is CC(=O)CC(=O)OC(C)(C)C.CCC(=O)OC(=O)CC. The summed E-state index contributed by atoms with van der Waals surface area (Å²) in [6, 6.07) is 0. The predicted octanol–water partition coefficient (Wildman–Crippen LogP) is 2.18. The molecule has 0 heterocycles. The molecule has 0 aliphatic heterocycles. The number of carbonyl (C=O) groups is 4. The van der Waals surface area contributed by atoms with Gasteiger partial charge in [0.05, 0.1) is 0 Å². The molecular weight excluding hydrogens is 264 g/mol. The van der Waals surface area contributed by atoms with Crippen LogP contribution in [0.2, 0.25) is 0 Å². The summed E-state index contributed by atoms with van der Waals surface area (Å²) in [4.78, 5) is 41.9. The highest BCUT2D eigenvalue weighted by atomic mass is 16.6. The Morgan fingerprint density at radius 1 is 0.850 bits per heavy atom. The molecule has 0 rings (SSSR count). The van der Waals surface area contributed by atoms with Gasteiger partial charge in [0, 0.05) is 12.8 Å². The zero-order valence-electron chi connectivity index (χ0n) is 13.1. The van der Waals surface area contributed by atoms with Crippen molar-refractivity contribution >= 4 is 23.7 Å². The van der Waals surface area contributed by atoms with Crippen LogP contribution in [0.4, 0.5) is 0 Å². The lowest BCUT2D eigenvalue weighted by atomic mass is 10.2. The molecular formula is C14H24O6. The summed E-state index contributed by atoms with van der Waals surface area (Å²) in [5.74, 6) is -1.53. The first-order chi connectivity index (χ1) is 9.01. The first kappa shape index (κ1) is 20.6. The second kappa shape index (κ2) is 10.1. The summed E-state index contributed by atoms with van der Waals surface area (Å²) in [5, 5.41) is 0. The number of ketones is 1. The van der Waals surface area contributed by atoms with Crippen LogP contribution in [0.1, 0.15) is 60.8 Å². The molecule has 0 radical (unpaired) electrons. The maximum Gasteiger partial charge on any atom is 0.313 e. The van der Waals surface area contributed by atoms with Crippen LogP contribution in [0, 0.1) is 0 Å². The van der Waals surface area contributed by atoms with Crippen LogP contribution in [-0.2, 0) is 28.7 Å². The lowest BCUT2D eigenvalue weighted by Crippen LogP contribution is -2.24. The van der Waals surface area contributed by atoms with Crippen LogP contribution in [-0.4, -0.2) is 29.3 Å². The van der Waals surface area contributed by atoms with Crippen LogP contribution in [0.3, 0.4) is 0 Å². The molecule has 0 N–H and O–H groups in total. The van der Waals surface area contributed by atoms with E-state index in [1.807, 2.05) is 0 Å². The fourth-order valence-corrected chi connectivity index (χ4v) is 0.852. The van der Waals surface area contributed by atoms with E-state index in [0.29, 0.717) is 0 Å². The summed E-state index contributed by atoms with van der Waals surface area (Å²) in [7, 11) is 0. The zero-order valence-corrected chi connectivity index (χ0v) is 13.1. The van der Waals surface area contributed by atoms with Gasteiger partial charge >= 0.3 is 17.9 Å². The van der Waals surface area contributed by atoms with Gasteiger partial charge in [-0.2, -0.15) is 0 Å². The predicted molar refractivity (Wildman–Crippen MR) is 72.8 cm³/mol. The van der Waals surface area contributed by atoms with E-state index >= 15 is 0 Å². The summed E-state index contributed by atoms with van der Waals surface area (Å²) >= 11 is 0. The lowest BCUT2D eigenvalue weighted by Gasteiger charge is -2.18. The third kappa shape index (κ3) is 16.3. The Morgan fingerprint density at radius 2 is 1.25 bits per heavy atom. The van der Waals surface area contributed by atoms with Gasteiger partial charge in [-0.3, -0.25) is 19.2 Å². The zero-order chi connectivity index (χ0) is 16.3. The van der Waals surface area contributed by atoms with E-state index in [9.17, 15) is 19.2 Å². The maximum atomic E-state index is 10.8. The molecule has 0 aromatic rings. The van der Waals surface area contributed by atoms with Crippen LogP contribution >= 0.6 is 0 Å². The molecule has 0 aliphatic rings.